The molecule has 1 atom stereocenters. The Labute approximate surface area is 238 Å². The van der Waals surface area contributed by atoms with Crippen molar-refractivity contribution in [2.24, 2.45) is 5.92 Å². The molecule has 5 aromatic rings. The molecule has 1 unspecified atom stereocenters. The molecule has 0 spiro atoms. The number of nitrogens with one attached hydrogen (secondary N) is 1. The fraction of sp³-hybridized carbons (Fsp3) is 0.206. The van der Waals surface area contributed by atoms with Crippen molar-refractivity contribution in [3.05, 3.63) is 119 Å². The molecule has 1 N–H and O–H groups in total. The zero-order valence-electron chi connectivity index (χ0n) is 22.9. The quantitative estimate of drug-likeness (QED) is 0.187. The maximum atomic E-state index is 13.3. The Bertz CT molecular complexity index is 1660. The smallest absolute Gasteiger partial charge is 0.309 e. The molecule has 0 bridgehead atoms. The van der Waals surface area contributed by atoms with Crippen molar-refractivity contribution in [1.29, 1.82) is 0 Å². The van der Waals surface area contributed by atoms with Gasteiger partial charge in [-0.1, -0.05) is 71.9 Å². The number of hydrogen-bond acceptors (Lipinski definition) is 6. The van der Waals surface area contributed by atoms with E-state index in [4.69, 9.17) is 14.2 Å². The van der Waals surface area contributed by atoms with Crippen molar-refractivity contribution in [1.82, 2.24) is 10.1 Å². The number of halogens is 1. The molecule has 7 heteroatoms. The van der Waals surface area contributed by atoms with Crippen LogP contribution in [0.5, 0.6) is 0 Å². The van der Waals surface area contributed by atoms with Gasteiger partial charge in [0.05, 0.1) is 5.92 Å². The molecule has 1 saturated carbocycles. The Balaban J connectivity index is 1.15. The van der Waals surface area contributed by atoms with Crippen molar-refractivity contribution in [3.8, 4) is 22.5 Å². The summed E-state index contributed by atoms with van der Waals surface area (Å²) in [6.07, 6.45) is 2.21. The number of aromatic nitrogens is 2. The maximum Gasteiger partial charge on any atom is 0.309 e. The molecule has 6 rings (SSSR count). The van der Waals surface area contributed by atoms with E-state index in [0.717, 1.165) is 57.7 Å². The largest absolute Gasteiger partial charge is 0.458 e. The number of esters is 1. The van der Waals surface area contributed by atoms with Gasteiger partial charge in [-0.3, -0.25) is 4.79 Å². The molecule has 0 radical (unpaired) electrons. The first-order valence-electron chi connectivity index (χ1n) is 13.8. The van der Waals surface area contributed by atoms with Crippen LogP contribution in [-0.4, -0.2) is 16.1 Å². The van der Waals surface area contributed by atoms with Crippen LogP contribution >= 0.6 is 0 Å². The van der Waals surface area contributed by atoms with Gasteiger partial charge in [0.2, 0.25) is 0 Å². The first kappa shape index (κ1) is 26.4. The Morgan fingerprint density at radius 3 is 2.29 bits per heavy atom. The zero-order valence-corrected chi connectivity index (χ0v) is 22.9. The van der Waals surface area contributed by atoms with Crippen LogP contribution in [0.4, 0.5) is 15.9 Å². The number of hydrogen-bond donors (Lipinski definition) is 1. The highest BCUT2D eigenvalue weighted by molar-refractivity contribution is 5.79. The van der Waals surface area contributed by atoms with E-state index in [1.165, 1.54) is 12.1 Å². The lowest BCUT2D eigenvalue weighted by Crippen LogP contribution is -2.10. The number of ether oxygens (including phenoxy) is 1. The molecule has 2 aromatic heterocycles. The SMILES string of the molecule is Cc1noc(-c2ccc(-c3ccc(C(C)OC(=O)C4CC4)cc3)cc2)c1Nc1cccc(Cc2ccc(F)cc2)n1. The summed E-state index contributed by atoms with van der Waals surface area (Å²) in [5.74, 6) is 1.04. The van der Waals surface area contributed by atoms with E-state index >= 15 is 0 Å². The molecule has 1 aliphatic rings. The van der Waals surface area contributed by atoms with E-state index in [1.54, 1.807) is 12.1 Å². The van der Waals surface area contributed by atoms with Gasteiger partial charge >= 0.3 is 5.97 Å². The molecule has 0 aliphatic heterocycles. The number of anilines is 2. The fourth-order valence-corrected chi connectivity index (χ4v) is 4.72. The number of carbonyl (C=O) groups is 1. The van der Waals surface area contributed by atoms with E-state index in [1.807, 2.05) is 80.6 Å². The molecule has 41 heavy (non-hydrogen) atoms. The Morgan fingerprint density at radius 1 is 0.951 bits per heavy atom. The topological polar surface area (TPSA) is 77.2 Å². The normalized spacial score (nSPS) is 13.5. The van der Waals surface area contributed by atoms with Crippen molar-refractivity contribution in [3.63, 3.8) is 0 Å². The van der Waals surface area contributed by atoms with Crippen molar-refractivity contribution >= 4 is 17.5 Å². The molecule has 3 aromatic carbocycles. The minimum absolute atomic E-state index is 0.0911. The van der Waals surface area contributed by atoms with Gasteiger partial charge in [-0.2, -0.15) is 0 Å². The molecule has 1 fully saturated rings. The number of rotatable bonds is 9. The minimum atomic E-state index is -0.266. The second-order valence-electron chi connectivity index (χ2n) is 10.5. The summed E-state index contributed by atoms with van der Waals surface area (Å²) >= 11 is 0. The number of carbonyl (C=O) groups excluding carboxylic acids is 1. The van der Waals surface area contributed by atoms with E-state index in [-0.39, 0.29) is 23.8 Å². The summed E-state index contributed by atoms with van der Waals surface area (Å²) in [6.45, 7) is 3.79. The van der Waals surface area contributed by atoms with Crippen LogP contribution in [0.1, 0.15) is 48.4 Å². The summed E-state index contributed by atoms with van der Waals surface area (Å²) < 4.78 is 24.6. The second kappa shape index (κ2) is 11.4. The van der Waals surface area contributed by atoms with Crippen molar-refractivity contribution < 1.29 is 18.4 Å². The van der Waals surface area contributed by atoms with Crippen LogP contribution in [0, 0.1) is 18.7 Å². The van der Waals surface area contributed by atoms with E-state index in [0.29, 0.717) is 18.0 Å². The van der Waals surface area contributed by atoms with Gasteiger partial charge in [-0.25, -0.2) is 9.37 Å². The molecular formula is C34H30FN3O3. The average molecular weight is 548 g/mol. The van der Waals surface area contributed by atoms with Crippen LogP contribution in [0.25, 0.3) is 22.5 Å². The van der Waals surface area contributed by atoms with Gasteiger partial charge in [-0.15, -0.1) is 0 Å². The van der Waals surface area contributed by atoms with E-state index in [2.05, 4.69) is 10.5 Å². The third kappa shape index (κ3) is 6.19. The summed E-state index contributed by atoms with van der Waals surface area (Å²) in [4.78, 5) is 16.7. The summed E-state index contributed by atoms with van der Waals surface area (Å²) in [5, 5.41) is 7.57. The van der Waals surface area contributed by atoms with Gasteiger partial charge < -0.3 is 14.6 Å². The zero-order chi connectivity index (χ0) is 28.3. The Hall–Kier alpha value is -4.78. The predicted octanol–water partition coefficient (Wildman–Crippen LogP) is 8.20. The summed E-state index contributed by atoms with van der Waals surface area (Å²) in [7, 11) is 0. The van der Waals surface area contributed by atoms with Crippen LogP contribution in [0.2, 0.25) is 0 Å². The highest BCUT2D eigenvalue weighted by Gasteiger charge is 2.32. The van der Waals surface area contributed by atoms with E-state index < -0.39 is 0 Å². The predicted molar refractivity (Wildman–Crippen MR) is 156 cm³/mol. The van der Waals surface area contributed by atoms with Crippen molar-refractivity contribution in [2.45, 2.75) is 39.2 Å². The van der Waals surface area contributed by atoms with E-state index in [9.17, 15) is 9.18 Å². The Morgan fingerprint density at radius 2 is 1.61 bits per heavy atom. The number of pyridine rings is 1. The molecule has 2 heterocycles. The standard InChI is InChI=1S/C34H30FN3O3/c1-21-32(37-31-5-3-4-30(36-31)20-23-6-18-29(35)19-7-23)33(41-38-21)27-14-12-26(13-15-27)25-10-8-24(9-11-25)22(2)40-34(39)28-16-17-28/h3-15,18-19,22,28H,16-17,20H2,1-2H3,(H,36,37). The molecular weight excluding hydrogens is 517 g/mol. The number of nitrogens with zero attached hydrogens (tertiary/aromatic N) is 2. The summed E-state index contributed by atoms with van der Waals surface area (Å²) in [6, 6.07) is 28.4. The highest BCUT2D eigenvalue weighted by Crippen LogP contribution is 2.35. The average Bonchev–Trinajstić information content (AvgIpc) is 3.79. The van der Waals surface area contributed by atoms with Gasteiger partial charge in [0, 0.05) is 17.7 Å². The van der Waals surface area contributed by atoms with Crippen LogP contribution in [-0.2, 0) is 16.0 Å². The van der Waals surface area contributed by atoms with Gasteiger partial charge in [0.25, 0.3) is 0 Å². The maximum absolute atomic E-state index is 13.3. The van der Waals surface area contributed by atoms with Crippen molar-refractivity contribution in [2.75, 3.05) is 5.32 Å². The molecule has 0 saturated heterocycles. The molecule has 0 amide bonds. The lowest BCUT2D eigenvalue weighted by molar-refractivity contribution is -0.150. The Kier molecular flexibility index (Phi) is 7.33. The second-order valence-corrected chi connectivity index (χ2v) is 10.5. The van der Waals surface area contributed by atoms with Crippen LogP contribution in [0.3, 0.4) is 0 Å². The lowest BCUT2D eigenvalue weighted by atomic mass is 10.0. The van der Waals surface area contributed by atoms with Gasteiger partial charge in [0.15, 0.2) is 5.76 Å². The molecule has 206 valence electrons. The molecule has 6 nitrogen and oxygen atoms in total. The molecule has 1 aliphatic carbocycles. The third-order valence-electron chi connectivity index (χ3n) is 7.29. The fourth-order valence-electron chi connectivity index (χ4n) is 4.72. The van der Waals surface area contributed by atoms with Crippen LogP contribution in [0.15, 0.2) is 95.5 Å². The highest BCUT2D eigenvalue weighted by atomic mass is 19.1. The minimum Gasteiger partial charge on any atom is -0.458 e. The third-order valence-corrected chi connectivity index (χ3v) is 7.29. The number of aryl methyl sites for hydroxylation is 1. The summed E-state index contributed by atoms with van der Waals surface area (Å²) in [5.41, 5.74) is 7.31. The van der Waals surface area contributed by atoms with Gasteiger partial charge in [0.1, 0.15) is 29.1 Å². The lowest BCUT2D eigenvalue weighted by Gasteiger charge is -2.14. The number of benzene rings is 3. The first-order valence-corrected chi connectivity index (χ1v) is 13.8. The monoisotopic (exact) mass is 547 g/mol. The van der Waals surface area contributed by atoms with Crippen LogP contribution < -0.4 is 5.32 Å². The first-order chi connectivity index (χ1) is 19.9. The van der Waals surface area contributed by atoms with Gasteiger partial charge in [-0.05, 0) is 73.2 Å².